The first kappa shape index (κ1) is 13.6. The van der Waals surface area contributed by atoms with E-state index in [-0.39, 0.29) is 0 Å². The van der Waals surface area contributed by atoms with Crippen LogP contribution in [-0.2, 0) is 16.6 Å². The van der Waals surface area contributed by atoms with Crippen molar-refractivity contribution >= 4 is 44.0 Å². The predicted molar refractivity (Wildman–Crippen MR) is 80.1 cm³/mol. The van der Waals surface area contributed by atoms with Gasteiger partial charge in [-0.15, -0.1) is 0 Å². The van der Waals surface area contributed by atoms with Gasteiger partial charge < -0.3 is 5.73 Å². The highest BCUT2D eigenvalue weighted by atomic mass is 79.9. The van der Waals surface area contributed by atoms with E-state index in [1.807, 2.05) is 24.3 Å². The SMILES string of the molecule is Nc1ccc(Cl)c(S(=O)Cc2cccc(Br)c2)c1. The maximum atomic E-state index is 12.3. The molecule has 94 valence electrons. The van der Waals surface area contributed by atoms with Gasteiger partial charge in [0.15, 0.2) is 0 Å². The molecule has 2 nitrogen and oxygen atoms in total. The molecule has 2 N–H and O–H groups in total. The summed E-state index contributed by atoms with van der Waals surface area (Å²) in [5, 5.41) is 0.484. The molecule has 5 heteroatoms. The molecule has 0 spiro atoms. The molecule has 0 amide bonds. The molecule has 0 radical (unpaired) electrons. The Labute approximate surface area is 122 Å². The lowest BCUT2D eigenvalue weighted by atomic mass is 10.2. The van der Waals surface area contributed by atoms with Crippen LogP contribution in [0.4, 0.5) is 5.69 Å². The lowest BCUT2D eigenvalue weighted by Crippen LogP contribution is -1.98. The van der Waals surface area contributed by atoms with Gasteiger partial charge in [0.2, 0.25) is 0 Å². The number of rotatable bonds is 3. The van der Waals surface area contributed by atoms with Crippen LogP contribution in [0.1, 0.15) is 5.56 Å². The molecule has 0 aromatic heterocycles. The van der Waals surface area contributed by atoms with E-state index in [2.05, 4.69) is 15.9 Å². The van der Waals surface area contributed by atoms with Gasteiger partial charge in [-0.1, -0.05) is 39.7 Å². The fraction of sp³-hybridized carbons (Fsp3) is 0.0769. The highest BCUT2D eigenvalue weighted by Gasteiger charge is 2.10. The topological polar surface area (TPSA) is 43.1 Å². The van der Waals surface area contributed by atoms with Crippen LogP contribution >= 0.6 is 27.5 Å². The summed E-state index contributed by atoms with van der Waals surface area (Å²) in [5.74, 6) is 0.419. The number of hydrogen-bond donors (Lipinski definition) is 1. The van der Waals surface area contributed by atoms with Crippen molar-refractivity contribution < 1.29 is 4.21 Å². The maximum Gasteiger partial charge on any atom is 0.0598 e. The third-order valence-corrected chi connectivity index (χ3v) is 4.75. The van der Waals surface area contributed by atoms with Crippen molar-refractivity contribution in [3.05, 3.63) is 57.5 Å². The minimum absolute atomic E-state index is 0.419. The Morgan fingerprint density at radius 1 is 1.22 bits per heavy atom. The minimum Gasteiger partial charge on any atom is -0.399 e. The van der Waals surface area contributed by atoms with Crippen molar-refractivity contribution in [2.45, 2.75) is 10.6 Å². The molecule has 0 saturated heterocycles. The Hall–Kier alpha value is -0.840. The summed E-state index contributed by atoms with van der Waals surface area (Å²) in [4.78, 5) is 0.580. The van der Waals surface area contributed by atoms with E-state index in [1.54, 1.807) is 18.2 Å². The highest BCUT2D eigenvalue weighted by molar-refractivity contribution is 9.10. The molecule has 0 aliphatic carbocycles. The first-order valence-electron chi connectivity index (χ1n) is 5.24. The van der Waals surface area contributed by atoms with E-state index in [9.17, 15) is 4.21 Å². The molecule has 0 bridgehead atoms. The highest BCUT2D eigenvalue weighted by Crippen LogP contribution is 2.24. The summed E-state index contributed by atoms with van der Waals surface area (Å²) in [6.07, 6.45) is 0. The van der Waals surface area contributed by atoms with E-state index in [1.165, 1.54) is 0 Å². The first-order valence-corrected chi connectivity index (χ1v) is 7.73. The Morgan fingerprint density at radius 3 is 2.72 bits per heavy atom. The molecule has 0 heterocycles. The Kier molecular flexibility index (Phi) is 4.43. The summed E-state index contributed by atoms with van der Waals surface area (Å²) in [6, 6.07) is 12.8. The molecular weight excluding hydrogens is 334 g/mol. The molecule has 0 aliphatic heterocycles. The van der Waals surface area contributed by atoms with Crippen LogP contribution in [0.3, 0.4) is 0 Å². The monoisotopic (exact) mass is 343 g/mol. The van der Waals surface area contributed by atoms with Gasteiger partial charge in [-0.2, -0.15) is 0 Å². The van der Waals surface area contributed by atoms with Gasteiger partial charge in [0.25, 0.3) is 0 Å². The van der Waals surface area contributed by atoms with Crippen LogP contribution in [0.15, 0.2) is 51.8 Å². The van der Waals surface area contributed by atoms with Gasteiger partial charge in [0.1, 0.15) is 0 Å². The van der Waals surface area contributed by atoms with Crippen molar-refractivity contribution in [3.63, 3.8) is 0 Å². The van der Waals surface area contributed by atoms with Crippen LogP contribution in [0, 0.1) is 0 Å². The maximum absolute atomic E-state index is 12.3. The van der Waals surface area contributed by atoms with Crippen LogP contribution in [0.25, 0.3) is 0 Å². The average molecular weight is 345 g/mol. The summed E-state index contributed by atoms with van der Waals surface area (Å²) < 4.78 is 13.2. The normalized spacial score (nSPS) is 12.3. The predicted octanol–water partition coefficient (Wildman–Crippen LogP) is 3.99. The van der Waals surface area contributed by atoms with Crippen LogP contribution in [-0.4, -0.2) is 4.21 Å². The Bertz CT molecular complexity index is 603. The zero-order valence-electron chi connectivity index (χ0n) is 9.40. The molecule has 2 aromatic rings. The number of halogens is 2. The molecule has 2 aromatic carbocycles. The minimum atomic E-state index is -1.20. The average Bonchev–Trinajstić information content (AvgIpc) is 2.32. The lowest BCUT2D eigenvalue weighted by molar-refractivity contribution is 0.682. The fourth-order valence-corrected chi connectivity index (χ4v) is 3.56. The molecule has 0 aliphatic rings. The van der Waals surface area contributed by atoms with Crippen molar-refractivity contribution in [1.82, 2.24) is 0 Å². The zero-order chi connectivity index (χ0) is 13.1. The zero-order valence-corrected chi connectivity index (χ0v) is 12.6. The van der Waals surface area contributed by atoms with Crippen molar-refractivity contribution in [2.75, 3.05) is 5.73 Å². The van der Waals surface area contributed by atoms with Gasteiger partial charge >= 0.3 is 0 Å². The van der Waals surface area contributed by atoms with E-state index in [0.29, 0.717) is 21.4 Å². The van der Waals surface area contributed by atoms with Gasteiger partial charge in [0, 0.05) is 10.2 Å². The summed E-state index contributed by atoms with van der Waals surface area (Å²) in [6.45, 7) is 0. The smallest absolute Gasteiger partial charge is 0.0598 e. The van der Waals surface area contributed by atoms with Crippen molar-refractivity contribution in [1.29, 1.82) is 0 Å². The second-order valence-electron chi connectivity index (χ2n) is 3.81. The number of nitrogens with two attached hydrogens (primary N) is 1. The Morgan fingerprint density at radius 2 is 2.00 bits per heavy atom. The van der Waals surface area contributed by atoms with E-state index >= 15 is 0 Å². The summed E-state index contributed by atoms with van der Waals surface area (Å²) >= 11 is 9.42. The molecule has 18 heavy (non-hydrogen) atoms. The number of nitrogen functional groups attached to an aromatic ring is 1. The van der Waals surface area contributed by atoms with Gasteiger partial charge in [-0.3, -0.25) is 4.21 Å². The van der Waals surface area contributed by atoms with E-state index < -0.39 is 10.8 Å². The number of hydrogen-bond acceptors (Lipinski definition) is 2. The lowest BCUT2D eigenvalue weighted by Gasteiger charge is -2.06. The standard InChI is InChI=1S/C13H11BrClNOS/c14-10-3-1-2-9(6-10)8-18(17)13-7-11(16)4-5-12(13)15/h1-7H,8,16H2. The first-order chi connectivity index (χ1) is 8.56. The molecule has 1 atom stereocenters. The van der Waals surface area contributed by atoms with E-state index in [0.717, 1.165) is 10.0 Å². The fourth-order valence-electron chi connectivity index (χ4n) is 1.55. The molecular formula is C13H11BrClNOS. The van der Waals surface area contributed by atoms with Crippen LogP contribution in [0.2, 0.25) is 5.02 Å². The van der Waals surface area contributed by atoms with Gasteiger partial charge in [-0.05, 0) is 35.9 Å². The summed E-state index contributed by atoms with van der Waals surface area (Å²) in [7, 11) is -1.20. The number of anilines is 1. The molecule has 0 fully saturated rings. The van der Waals surface area contributed by atoms with Gasteiger partial charge in [0.05, 0.1) is 26.5 Å². The summed E-state index contributed by atoms with van der Waals surface area (Å²) in [5.41, 5.74) is 7.24. The van der Waals surface area contributed by atoms with Crippen molar-refractivity contribution in [2.24, 2.45) is 0 Å². The van der Waals surface area contributed by atoms with E-state index in [4.69, 9.17) is 17.3 Å². The number of benzene rings is 2. The second-order valence-corrected chi connectivity index (χ2v) is 6.55. The third-order valence-electron chi connectivity index (χ3n) is 2.39. The van der Waals surface area contributed by atoms with Crippen LogP contribution in [0.5, 0.6) is 0 Å². The third kappa shape index (κ3) is 3.34. The van der Waals surface area contributed by atoms with Crippen molar-refractivity contribution in [3.8, 4) is 0 Å². The second kappa shape index (κ2) is 5.87. The van der Waals surface area contributed by atoms with Crippen LogP contribution < -0.4 is 5.73 Å². The quantitative estimate of drug-likeness (QED) is 0.855. The molecule has 2 rings (SSSR count). The Balaban J connectivity index is 2.24. The molecule has 1 unspecified atom stereocenters. The van der Waals surface area contributed by atoms with Gasteiger partial charge in [-0.25, -0.2) is 0 Å². The largest absolute Gasteiger partial charge is 0.399 e. The molecule has 0 saturated carbocycles.